The van der Waals surface area contributed by atoms with Crippen molar-refractivity contribution in [2.45, 2.75) is 51.4 Å². The second kappa shape index (κ2) is 5.63. The van der Waals surface area contributed by atoms with Crippen LogP contribution in [0.1, 0.15) is 55.6 Å². The lowest BCUT2D eigenvalue weighted by atomic mass is 9.81. The van der Waals surface area contributed by atoms with Crippen LogP contribution < -0.4 is 0 Å². The smallest absolute Gasteiger partial charge is 0.309 e. The van der Waals surface area contributed by atoms with Gasteiger partial charge in [0.15, 0.2) is 0 Å². The van der Waals surface area contributed by atoms with Crippen LogP contribution in [0.15, 0.2) is 5.38 Å². The van der Waals surface area contributed by atoms with Crippen LogP contribution in [0.5, 0.6) is 0 Å². The van der Waals surface area contributed by atoms with Crippen molar-refractivity contribution >= 4 is 17.3 Å². The first-order valence-corrected chi connectivity index (χ1v) is 7.23. The first-order valence-electron chi connectivity index (χ1n) is 6.35. The molecule has 0 aromatic carbocycles. The van der Waals surface area contributed by atoms with E-state index in [4.69, 9.17) is 5.11 Å². The maximum Gasteiger partial charge on any atom is 0.309 e. The lowest BCUT2D eigenvalue weighted by Crippen LogP contribution is -2.12. The molecule has 3 nitrogen and oxygen atoms in total. The Morgan fingerprint density at radius 2 is 2.18 bits per heavy atom. The van der Waals surface area contributed by atoms with Gasteiger partial charge in [-0.05, 0) is 31.6 Å². The molecule has 0 radical (unpaired) electrons. The van der Waals surface area contributed by atoms with Gasteiger partial charge in [0, 0.05) is 11.3 Å². The molecule has 0 atom stereocenters. The molecule has 1 aromatic heterocycles. The van der Waals surface area contributed by atoms with Crippen LogP contribution in [0.3, 0.4) is 0 Å². The number of hydrogen-bond donors (Lipinski definition) is 1. The molecule has 2 rings (SSSR count). The molecule has 1 aliphatic carbocycles. The Hall–Kier alpha value is -0.900. The van der Waals surface area contributed by atoms with Crippen LogP contribution in [0.2, 0.25) is 0 Å². The van der Waals surface area contributed by atoms with E-state index in [2.05, 4.69) is 11.9 Å². The van der Waals surface area contributed by atoms with Crippen molar-refractivity contribution in [2.75, 3.05) is 0 Å². The van der Waals surface area contributed by atoms with E-state index in [-0.39, 0.29) is 6.42 Å². The zero-order valence-corrected chi connectivity index (χ0v) is 11.0. The average molecular weight is 253 g/mol. The van der Waals surface area contributed by atoms with Gasteiger partial charge >= 0.3 is 5.97 Å². The largest absolute Gasteiger partial charge is 0.481 e. The van der Waals surface area contributed by atoms with E-state index >= 15 is 0 Å². The predicted molar refractivity (Wildman–Crippen MR) is 68.4 cm³/mol. The monoisotopic (exact) mass is 253 g/mol. The molecule has 1 aromatic rings. The van der Waals surface area contributed by atoms with Gasteiger partial charge < -0.3 is 5.11 Å². The Morgan fingerprint density at radius 3 is 2.76 bits per heavy atom. The van der Waals surface area contributed by atoms with Crippen molar-refractivity contribution in [3.8, 4) is 0 Å². The summed E-state index contributed by atoms with van der Waals surface area (Å²) in [7, 11) is 0. The Labute approximate surface area is 106 Å². The molecule has 0 aliphatic heterocycles. The number of nitrogens with zero attached hydrogens (tertiary/aromatic N) is 1. The van der Waals surface area contributed by atoms with Crippen LogP contribution in [-0.2, 0) is 11.2 Å². The molecular formula is C13H19NO2S. The molecule has 1 fully saturated rings. The minimum atomic E-state index is -0.795. The summed E-state index contributed by atoms with van der Waals surface area (Å²) in [6.07, 6.45) is 6.39. The van der Waals surface area contributed by atoms with Crippen molar-refractivity contribution in [3.63, 3.8) is 0 Å². The lowest BCUT2D eigenvalue weighted by Gasteiger charge is -2.26. The van der Waals surface area contributed by atoms with Gasteiger partial charge in [-0.1, -0.05) is 13.3 Å². The second-order valence-corrected chi connectivity index (χ2v) is 5.76. The molecule has 1 heterocycles. The minimum Gasteiger partial charge on any atom is -0.481 e. The average Bonchev–Trinajstić information content (AvgIpc) is 2.77. The SMILES string of the molecule is CCC1CCC(c2nc(CC(=O)O)cs2)CC1. The quantitative estimate of drug-likeness (QED) is 0.894. The molecule has 0 saturated heterocycles. The normalized spacial score (nSPS) is 24.8. The van der Waals surface area contributed by atoms with Crippen molar-refractivity contribution in [2.24, 2.45) is 5.92 Å². The van der Waals surface area contributed by atoms with Gasteiger partial charge in [0.1, 0.15) is 0 Å². The fourth-order valence-corrected chi connectivity index (χ4v) is 3.55. The van der Waals surface area contributed by atoms with Gasteiger partial charge in [-0.3, -0.25) is 4.79 Å². The van der Waals surface area contributed by atoms with Gasteiger partial charge in [0.05, 0.1) is 17.1 Å². The van der Waals surface area contributed by atoms with E-state index < -0.39 is 5.97 Å². The number of aromatic nitrogens is 1. The fraction of sp³-hybridized carbons (Fsp3) is 0.692. The van der Waals surface area contributed by atoms with E-state index in [0.717, 1.165) is 16.6 Å². The van der Waals surface area contributed by atoms with Crippen LogP contribution in [-0.4, -0.2) is 16.1 Å². The highest BCUT2D eigenvalue weighted by atomic mass is 32.1. The molecule has 0 unspecified atom stereocenters. The van der Waals surface area contributed by atoms with E-state index in [9.17, 15) is 4.79 Å². The number of aliphatic carboxylic acids is 1. The number of thiazole rings is 1. The van der Waals surface area contributed by atoms with Crippen LogP contribution in [0.4, 0.5) is 0 Å². The number of rotatable bonds is 4. The number of carbonyl (C=O) groups is 1. The molecule has 0 amide bonds. The number of hydrogen-bond acceptors (Lipinski definition) is 3. The first kappa shape index (κ1) is 12.6. The van der Waals surface area contributed by atoms with Crippen LogP contribution in [0, 0.1) is 5.92 Å². The summed E-state index contributed by atoms with van der Waals surface area (Å²) in [5.41, 5.74) is 0.718. The third kappa shape index (κ3) is 3.28. The molecule has 1 N–H and O–H groups in total. The van der Waals surface area contributed by atoms with Gasteiger partial charge in [0.25, 0.3) is 0 Å². The standard InChI is InChI=1S/C13H19NO2S/c1-2-9-3-5-10(6-4-9)13-14-11(8-17-13)7-12(15)16/h8-10H,2-7H2,1H3,(H,15,16). The maximum atomic E-state index is 10.6. The summed E-state index contributed by atoms with van der Waals surface area (Å²) in [6, 6.07) is 0. The summed E-state index contributed by atoms with van der Waals surface area (Å²) in [6.45, 7) is 2.26. The van der Waals surface area contributed by atoms with Gasteiger partial charge in [0.2, 0.25) is 0 Å². The van der Waals surface area contributed by atoms with Gasteiger partial charge in [-0.15, -0.1) is 11.3 Å². The molecule has 94 valence electrons. The van der Waals surface area contributed by atoms with Crippen molar-refractivity contribution in [1.29, 1.82) is 0 Å². The van der Waals surface area contributed by atoms with Gasteiger partial charge in [-0.25, -0.2) is 4.98 Å². The Kier molecular flexibility index (Phi) is 4.15. The summed E-state index contributed by atoms with van der Waals surface area (Å²) in [5, 5.41) is 11.8. The predicted octanol–water partition coefficient (Wildman–Crippen LogP) is 3.45. The number of carboxylic acids is 1. The Bertz CT molecular complexity index is 381. The number of carboxylic acid groups (broad SMARTS) is 1. The third-order valence-corrected chi connectivity index (χ3v) is 4.73. The molecule has 4 heteroatoms. The van der Waals surface area contributed by atoms with E-state index in [1.54, 1.807) is 11.3 Å². The van der Waals surface area contributed by atoms with Crippen molar-refractivity contribution in [1.82, 2.24) is 4.98 Å². The zero-order valence-electron chi connectivity index (χ0n) is 10.2. The molecule has 0 spiro atoms. The second-order valence-electron chi connectivity index (χ2n) is 4.87. The fourth-order valence-electron chi connectivity index (χ4n) is 2.56. The molecule has 0 bridgehead atoms. The lowest BCUT2D eigenvalue weighted by molar-refractivity contribution is -0.136. The Morgan fingerprint density at radius 1 is 1.47 bits per heavy atom. The molecule has 1 saturated carbocycles. The highest BCUT2D eigenvalue weighted by molar-refractivity contribution is 7.09. The molecule has 17 heavy (non-hydrogen) atoms. The molecular weight excluding hydrogens is 234 g/mol. The molecule has 1 aliphatic rings. The Balaban J connectivity index is 1.94. The summed E-state index contributed by atoms with van der Waals surface area (Å²) in [4.78, 5) is 15.1. The zero-order chi connectivity index (χ0) is 12.3. The highest BCUT2D eigenvalue weighted by Gasteiger charge is 2.23. The topological polar surface area (TPSA) is 50.2 Å². The summed E-state index contributed by atoms with van der Waals surface area (Å²) < 4.78 is 0. The van der Waals surface area contributed by atoms with Crippen LogP contribution in [0.25, 0.3) is 0 Å². The third-order valence-electron chi connectivity index (χ3n) is 3.68. The minimum absolute atomic E-state index is 0.0564. The van der Waals surface area contributed by atoms with Crippen molar-refractivity contribution < 1.29 is 9.90 Å². The first-order chi connectivity index (χ1) is 8.19. The summed E-state index contributed by atoms with van der Waals surface area (Å²) in [5.74, 6) is 0.673. The van der Waals surface area contributed by atoms with Crippen molar-refractivity contribution in [3.05, 3.63) is 16.1 Å². The highest BCUT2D eigenvalue weighted by Crippen LogP contribution is 2.37. The van der Waals surface area contributed by atoms with Crippen LogP contribution >= 0.6 is 11.3 Å². The van der Waals surface area contributed by atoms with E-state index in [0.29, 0.717) is 5.92 Å². The maximum absolute atomic E-state index is 10.6. The summed E-state index contributed by atoms with van der Waals surface area (Å²) >= 11 is 1.63. The van der Waals surface area contributed by atoms with E-state index in [1.165, 1.54) is 32.1 Å². The van der Waals surface area contributed by atoms with E-state index in [1.807, 2.05) is 5.38 Å². The van der Waals surface area contributed by atoms with Gasteiger partial charge in [-0.2, -0.15) is 0 Å².